The van der Waals surface area contributed by atoms with Gasteiger partial charge >= 0.3 is 0 Å². The number of aliphatic hydroxyl groups is 1. The zero-order valence-electron chi connectivity index (χ0n) is 11.2. The van der Waals surface area contributed by atoms with Crippen molar-refractivity contribution in [1.82, 2.24) is 0 Å². The van der Waals surface area contributed by atoms with Crippen LogP contribution >= 0.6 is 0 Å². The molecule has 1 aromatic carbocycles. The number of anilines is 1. The Morgan fingerprint density at radius 3 is 2.50 bits per heavy atom. The molecule has 1 N–H and O–H groups in total. The predicted molar refractivity (Wildman–Crippen MR) is 72.2 cm³/mol. The molecule has 3 heteroatoms. The third-order valence-electron chi connectivity index (χ3n) is 4.36. The minimum atomic E-state index is -0.221. The first-order chi connectivity index (χ1) is 8.58. The average Bonchev–Trinajstić information content (AvgIpc) is 2.40. The normalized spacial score (nSPS) is 19.0. The molecule has 0 aromatic heterocycles. The Labute approximate surface area is 108 Å². The molecule has 0 bridgehead atoms. The third-order valence-corrected chi connectivity index (χ3v) is 4.36. The van der Waals surface area contributed by atoms with Crippen molar-refractivity contribution in [3.8, 4) is 0 Å². The number of rotatable bonds is 3. The molecular formula is C15H22FNO. The molecule has 100 valence electrons. The van der Waals surface area contributed by atoms with Gasteiger partial charge in [0.1, 0.15) is 5.82 Å². The Hall–Kier alpha value is -1.09. The molecule has 0 unspecified atom stereocenters. The average molecular weight is 251 g/mol. The van der Waals surface area contributed by atoms with E-state index in [1.165, 1.54) is 12.5 Å². The Kier molecular flexibility index (Phi) is 3.91. The molecule has 1 aromatic rings. The van der Waals surface area contributed by atoms with Crippen LogP contribution in [-0.2, 0) is 6.61 Å². The predicted octanol–water partition coefficient (Wildman–Crippen LogP) is 3.33. The molecule has 0 amide bonds. The number of aliphatic hydroxyl groups excluding tert-OH is 1. The SMILES string of the molecule is CCC1(C)CCN(c2ccc(CO)cc2F)CC1. The standard InChI is InChI=1S/C15H22FNO/c1-3-15(2)6-8-17(9-7-15)14-5-4-12(11-18)10-13(14)16/h4-5,10,18H,3,6-9,11H2,1-2H3. The summed E-state index contributed by atoms with van der Waals surface area (Å²) in [6, 6.07) is 5.02. The first kappa shape index (κ1) is 13.3. The maximum atomic E-state index is 13.9. The Balaban J connectivity index is 2.10. The van der Waals surface area contributed by atoms with Crippen molar-refractivity contribution < 1.29 is 9.50 Å². The zero-order chi connectivity index (χ0) is 13.2. The van der Waals surface area contributed by atoms with E-state index in [4.69, 9.17) is 5.11 Å². The molecule has 1 fully saturated rings. The van der Waals surface area contributed by atoms with E-state index in [0.717, 1.165) is 25.9 Å². The molecule has 18 heavy (non-hydrogen) atoms. The van der Waals surface area contributed by atoms with Gasteiger partial charge in [-0.05, 0) is 36.0 Å². The minimum Gasteiger partial charge on any atom is -0.392 e. The molecule has 0 atom stereocenters. The summed E-state index contributed by atoms with van der Waals surface area (Å²) >= 11 is 0. The number of benzene rings is 1. The van der Waals surface area contributed by atoms with E-state index >= 15 is 0 Å². The monoisotopic (exact) mass is 251 g/mol. The van der Waals surface area contributed by atoms with Gasteiger partial charge in [-0.25, -0.2) is 4.39 Å². The van der Waals surface area contributed by atoms with E-state index in [1.54, 1.807) is 12.1 Å². The van der Waals surface area contributed by atoms with Gasteiger partial charge in [-0.1, -0.05) is 26.3 Å². The molecule has 1 heterocycles. The smallest absolute Gasteiger partial charge is 0.146 e. The van der Waals surface area contributed by atoms with Crippen LogP contribution in [0.5, 0.6) is 0 Å². The number of hydrogen-bond donors (Lipinski definition) is 1. The Morgan fingerprint density at radius 1 is 1.33 bits per heavy atom. The van der Waals surface area contributed by atoms with E-state index in [2.05, 4.69) is 18.7 Å². The van der Waals surface area contributed by atoms with Gasteiger partial charge in [-0.2, -0.15) is 0 Å². The van der Waals surface area contributed by atoms with Gasteiger partial charge in [-0.3, -0.25) is 0 Å². The summed E-state index contributed by atoms with van der Waals surface area (Å²) in [6.45, 7) is 6.27. The molecule has 1 saturated heterocycles. The fourth-order valence-corrected chi connectivity index (χ4v) is 2.55. The Bertz CT molecular complexity index is 411. The lowest BCUT2D eigenvalue weighted by Gasteiger charge is -2.40. The van der Waals surface area contributed by atoms with Crippen LogP contribution in [0.25, 0.3) is 0 Å². The van der Waals surface area contributed by atoms with Crippen LogP contribution in [0.4, 0.5) is 10.1 Å². The van der Waals surface area contributed by atoms with Crippen LogP contribution in [0.15, 0.2) is 18.2 Å². The lowest BCUT2D eigenvalue weighted by atomic mass is 9.78. The lowest BCUT2D eigenvalue weighted by molar-refractivity contribution is 0.237. The zero-order valence-corrected chi connectivity index (χ0v) is 11.2. The lowest BCUT2D eigenvalue weighted by Crippen LogP contribution is -2.38. The first-order valence-electron chi connectivity index (χ1n) is 6.72. The van der Waals surface area contributed by atoms with Crippen molar-refractivity contribution >= 4 is 5.69 Å². The van der Waals surface area contributed by atoms with E-state index in [9.17, 15) is 4.39 Å². The van der Waals surface area contributed by atoms with Gasteiger partial charge in [0, 0.05) is 13.1 Å². The van der Waals surface area contributed by atoms with Gasteiger partial charge in [0.2, 0.25) is 0 Å². The Morgan fingerprint density at radius 2 is 2.00 bits per heavy atom. The van der Waals surface area contributed by atoms with Crippen molar-refractivity contribution in [1.29, 1.82) is 0 Å². The molecule has 0 spiro atoms. The summed E-state index contributed by atoms with van der Waals surface area (Å²) in [4.78, 5) is 2.12. The highest BCUT2D eigenvalue weighted by molar-refractivity contribution is 5.49. The van der Waals surface area contributed by atoms with Gasteiger partial charge in [0.15, 0.2) is 0 Å². The second-order valence-electron chi connectivity index (χ2n) is 5.60. The summed E-state index contributed by atoms with van der Waals surface area (Å²) in [5.41, 5.74) is 1.72. The second kappa shape index (κ2) is 5.27. The third kappa shape index (κ3) is 2.66. The minimum absolute atomic E-state index is 0.106. The van der Waals surface area contributed by atoms with Crippen molar-refractivity contribution in [2.75, 3.05) is 18.0 Å². The van der Waals surface area contributed by atoms with Crippen LogP contribution < -0.4 is 4.90 Å². The van der Waals surface area contributed by atoms with Gasteiger partial charge < -0.3 is 10.0 Å². The first-order valence-corrected chi connectivity index (χ1v) is 6.72. The van der Waals surface area contributed by atoms with Crippen molar-refractivity contribution in [2.45, 2.75) is 39.7 Å². The fraction of sp³-hybridized carbons (Fsp3) is 0.600. The van der Waals surface area contributed by atoms with E-state index in [1.807, 2.05) is 0 Å². The molecule has 0 aliphatic carbocycles. The highest BCUT2D eigenvalue weighted by Crippen LogP contribution is 2.36. The molecule has 1 aliphatic heterocycles. The largest absolute Gasteiger partial charge is 0.392 e. The van der Waals surface area contributed by atoms with E-state index in [0.29, 0.717) is 16.7 Å². The summed E-state index contributed by atoms with van der Waals surface area (Å²) in [5.74, 6) is -0.221. The maximum Gasteiger partial charge on any atom is 0.146 e. The highest BCUT2D eigenvalue weighted by atomic mass is 19.1. The summed E-state index contributed by atoms with van der Waals surface area (Å²) < 4.78 is 13.9. The van der Waals surface area contributed by atoms with Crippen molar-refractivity contribution in [3.05, 3.63) is 29.6 Å². The van der Waals surface area contributed by atoms with Gasteiger partial charge in [-0.15, -0.1) is 0 Å². The van der Waals surface area contributed by atoms with Crippen LogP contribution in [-0.4, -0.2) is 18.2 Å². The van der Waals surface area contributed by atoms with Gasteiger partial charge in [0.25, 0.3) is 0 Å². The van der Waals surface area contributed by atoms with Crippen LogP contribution in [0.3, 0.4) is 0 Å². The number of halogens is 1. The fourth-order valence-electron chi connectivity index (χ4n) is 2.55. The van der Waals surface area contributed by atoms with Crippen LogP contribution in [0, 0.1) is 11.2 Å². The quantitative estimate of drug-likeness (QED) is 0.890. The van der Waals surface area contributed by atoms with Crippen molar-refractivity contribution in [2.24, 2.45) is 5.41 Å². The summed E-state index contributed by atoms with van der Waals surface area (Å²) in [7, 11) is 0. The number of piperidine rings is 1. The van der Waals surface area contributed by atoms with E-state index in [-0.39, 0.29) is 12.4 Å². The molecule has 2 nitrogen and oxygen atoms in total. The van der Waals surface area contributed by atoms with E-state index < -0.39 is 0 Å². The van der Waals surface area contributed by atoms with Gasteiger partial charge in [0.05, 0.1) is 12.3 Å². The molecular weight excluding hydrogens is 229 g/mol. The second-order valence-corrected chi connectivity index (χ2v) is 5.60. The van der Waals surface area contributed by atoms with Crippen molar-refractivity contribution in [3.63, 3.8) is 0 Å². The number of hydrogen-bond acceptors (Lipinski definition) is 2. The summed E-state index contributed by atoms with van der Waals surface area (Å²) in [6.07, 6.45) is 3.42. The molecule has 1 aliphatic rings. The molecule has 2 rings (SSSR count). The number of nitrogens with zero attached hydrogens (tertiary/aromatic N) is 1. The summed E-state index contributed by atoms with van der Waals surface area (Å²) in [5, 5.41) is 8.98. The van der Waals surface area contributed by atoms with Crippen LogP contribution in [0.2, 0.25) is 0 Å². The highest BCUT2D eigenvalue weighted by Gasteiger charge is 2.29. The maximum absolute atomic E-state index is 13.9. The molecule has 0 radical (unpaired) electrons. The van der Waals surface area contributed by atoms with Crippen LogP contribution in [0.1, 0.15) is 38.7 Å². The topological polar surface area (TPSA) is 23.5 Å². The molecule has 0 saturated carbocycles.